The lowest BCUT2D eigenvalue weighted by molar-refractivity contribution is 0.153. The molecule has 0 atom stereocenters. The van der Waals surface area contributed by atoms with Gasteiger partial charge in [-0.2, -0.15) is 0 Å². The highest BCUT2D eigenvalue weighted by atomic mass is 32.5. The molecule has 1 aromatic rings. The summed E-state index contributed by atoms with van der Waals surface area (Å²) < 4.78 is 64.1. The molecule has 3 nitrogen and oxygen atoms in total. The van der Waals surface area contributed by atoms with Gasteiger partial charge in [-0.25, -0.2) is 0 Å². The molecular formula is C14H21F5N2OS. The van der Waals surface area contributed by atoms with E-state index in [4.69, 9.17) is 0 Å². The first-order chi connectivity index (χ1) is 10.3. The molecule has 1 N–H and O–H groups in total. The summed E-state index contributed by atoms with van der Waals surface area (Å²) in [4.78, 5) is 2.41. The summed E-state index contributed by atoms with van der Waals surface area (Å²) in [6.45, 7) is 4.24. The maximum atomic E-state index is 12.8. The van der Waals surface area contributed by atoms with Crippen LogP contribution in [0.5, 0.6) is 5.75 Å². The molecule has 9 heteroatoms. The first-order valence-corrected chi connectivity index (χ1v) is 9.27. The molecule has 1 saturated heterocycles. The highest BCUT2D eigenvalue weighted by molar-refractivity contribution is 8.45. The lowest BCUT2D eigenvalue weighted by Crippen LogP contribution is -2.44. The van der Waals surface area contributed by atoms with Crippen LogP contribution < -0.4 is 0 Å². The van der Waals surface area contributed by atoms with Crippen LogP contribution in [-0.2, 0) is 6.42 Å². The predicted molar refractivity (Wildman–Crippen MR) is 81.8 cm³/mol. The molecule has 2 rings (SSSR count). The van der Waals surface area contributed by atoms with E-state index in [1.807, 2.05) is 7.05 Å². The van der Waals surface area contributed by atoms with E-state index in [9.17, 15) is 24.5 Å². The smallest absolute Gasteiger partial charge is 0.310 e. The number of benzene rings is 1. The highest BCUT2D eigenvalue weighted by Crippen LogP contribution is 3.02. The van der Waals surface area contributed by atoms with Crippen molar-refractivity contribution >= 4 is 10.2 Å². The van der Waals surface area contributed by atoms with Crippen molar-refractivity contribution in [1.82, 2.24) is 9.80 Å². The van der Waals surface area contributed by atoms with E-state index in [0.29, 0.717) is 25.1 Å². The van der Waals surface area contributed by atoms with Crippen molar-refractivity contribution in [2.75, 3.05) is 39.8 Å². The van der Waals surface area contributed by atoms with Crippen LogP contribution in [0, 0.1) is 0 Å². The predicted octanol–water partition coefficient (Wildman–Crippen LogP) is 4.23. The Kier molecular flexibility index (Phi) is 4.36. The Morgan fingerprint density at radius 3 is 2.22 bits per heavy atom. The van der Waals surface area contributed by atoms with Crippen LogP contribution in [0.25, 0.3) is 0 Å². The monoisotopic (exact) mass is 360 g/mol. The second-order valence-electron chi connectivity index (χ2n) is 6.01. The third kappa shape index (κ3) is 5.22. The topological polar surface area (TPSA) is 26.7 Å². The van der Waals surface area contributed by atoms with Gasteiger partial charge in [-0.05, 0) is 50.2 Å². The van der Waals surface area contributed by atoms with Gasteiger partial charge in [0.1, 0.15) is 10.6 Å². The number of aryl methyl sites for hydroxylation is 1. The fourth-order valence-electron chi connectivity index (χ4n) is 2.57. The molecular weight excluding hydrogens is 339 g/mol. The number of rotatable bonds is 5. The number of hydrogen-bond donors (Lipinski definition) is 1. The number of aromatic hydroxyl groups is 1. The van der Waals surface area contributed by atoms with Crippen molar-refractivity contribution in [1.29, 1.82) is 0 Å². The van der Waals surface area contributed by atoms with Gasteiger partial charge in [-0.15, -0.1) is 0 Å². The number of piperazine rings is 1. The fourth-order valence-corrected chi connectivity index (χ4v) is 3.26. The molecule has 0 aliphatic carbocycles. The molecule has 0 saturated carbocycles. The van der Waals surface area contributed by atoms with E-state index in [2.05, 4.69) is 9.80 Å². The number of phenolic OH excluding ortho intramolecular Hbond substituents is 1. The molecule has 0 unspecified atom stereocenters. The summed E-state index contributed by atoms with van der Waals surface area (Å²) in [5.74, 6) is -0.381. The van der Waals surface area contributed by atoms with Gasteiger partial charge >= 0.3 is 10.2 Å². The number of phenols is 1. The molecule has 0 bridgehead atoms. The SMILES string of the molecule is CN1CCN(CCCc2cc(S(F)(F)(F)(F)F)ccc2O)CC1. The summed E-state index contributed by atoms with van der Waals surface area (Å²) in [6, 6.07) is 1.31. The molecule has 1 fully saturated rings. The first kappa shape index (κ1) is 18.3. The molecule has 0 aromatic heterocycles. The molecule has 1 heterocycles. The third-order valence-electron chi connectivity index (χ3n) is 4.01. The normalized spacial score (nSPS) is 21.0. The van der Waals surface area contributed by atoms with Gasteiger partial charge < -0.3 is 14.9 Å². The Hall–Kier alpha value is -1.06. The second kappa shape index (κ2) is 5.49. The average molecular weight is 360 g/mol. The molecule has 23 heavy (non-hydrogen) atoms. The molecule has 1 aliphatic rings. The lowest BCUT2D eigenvalue weighted by atomic mass is 10.1. The van der Waals surface area contributed by atoms with Crippen LogP contribution >= 0.6 is 10.2 Å². The van der Waals surface area contributed by atoms with Crippen molar-refractivity contribution in [3.05, 3.63) is 23.8 Å². The van der Waals surface area contributed by atoms with Crippen LogP contribution in [0.15, 0.2) is 23.1 Å². The first-order valence-electron chi connectivity index (χ1n) is 7.32. The van der Waals surface area contributed by atoms with Crippen molar-refractivity contribution in [2.45, 2.75) is 17.7 Å². The van der Waals surface area contributed by atoms with Crippen molar-refractivity contribution in [2.24, 2.45) is 0 Å². The fraction of sp³-hybridized carbons (Fsp3) is 0.571. The van der Waals surface area contributed by atoms with Gasteiger partial charge in [-0.1, -0.05) is 19.4 Å². The Morgan fingerprint density at radius 2 is 1.65 bits per heavy atom. The van der Waals surface area contributed by atoms with Crippen LogP contribution in [0.1, 0.15) is 12.0 Å². The van der Waals surface area contributed by atoms with E-state index in [0.717, 1.165) is 26.2 Å². The zero-order valence-electron chi connectivity index (χ0n) is 12.8. The molecule has 134 valence electrons. The summed E-state index contributed by atoms with van der Waals surface area (Å²) in [5, 5.41) is 9.62. The summed E-state index contributed by atoms with van der Waals surface area (Å²) >= 11 is 0. The quantitative estimate of drug-likeness (QED) is 0.796. The third-order valence-corrected chi connectivity index (χ3v) is 5.16. The standard InChI is InChI=1S/C14H21F5N2OS/c1-20-7-9-21(10-8-20)6-2-3-12-11-13(4-5-14(12)22)23(15,16,17,18)19/h4-5,11,22H,2-3,6-10H2,1H3. The van der Waals surface area contributed by atoms with E-state index in [1.54, 1.807) is 0 Å². The van der Waals surface area contributed by atoms with Gasteiger partial charge in [0.05, 0.1) is 0 Å². The molecule has 1 aromatic carbocycles. The minimum absolute atomic E-state index is 0.0927. The average Bonchev–Trinajstić information content (AvgIpc) is 2.40. The zero-order chi connectivity index (χ0) is 17.4. The van der Waals surface area contributed by atoms with Gasteiger partial charge in [0, 0.05) is 26.2 Å². The van der Waals surface area contributed by atoms with Crippen LogP contribution in [-0.4, -0.2) is 54.7 Å². The van der Waals surface area contributed by atoms with E-state index >= 15 is 0 Å². The van der Waals surface area contributed by atoms with Gasteiger partial charge in [0.25, 0.3) is 0 Å². The van der Waals surface area contributed by atoms with Crippen LogP contribution in [0.2, 0.25) is 0 Å². The summed E-state index contributed by atoms with van der Waals surface area (Å²) in [7, 11) is -7.69. The maximum absolute atomic E-state index is 12.8. The second-order valence-corrected chi connectivity index (χ2v) is 8.42. The number of hydrogen-bond acceptors (Lipinski definition) is 3. The number of halogens is 5. The number of nitrogens with zero attached hydrogens (tertiary/aromatic N) is 2. The Morgan fingerprint density at radius 1 is 1.04 bits per heavy atom. The lowest BCUT2D eigenvalue weighted by Gasteiger charge is -2.40. The summed E-state index contributed by atoms with van der Waals surface area (Å²) in [6.07, 6.45) is 0.626. The van der Waals surface area contributed by atoms with Crippen molar-refractivity contribution in [3.8, 4) is 5.75 Å². The van der Waals surface area contributed by atoms with Gasteiger partial charge in [0.2, 0.25) is 0 Å². The van der Waals surface area contributed by atoms with E-state index < -0.39 is 15.1 Å². The van der Waals surface area contributed by atoms with Crippen LogP contribution in [0.3, 0.4) is 0 Å². The number of likely N-dealkylation sites (N-methyl/N-ethyl adjacent to an activating group) is 1. The highest BCUT2D eigenvalue weighted by Gasteiger charge is 2.65. The summed E-state index contributed by atoms with van der Waals surface area (Å²) in [5.41, 5.74) is -0.0927. The molecule has 0 amide bonds. The molecule has 0 spiro atoms. The Labute approximate surface area is 132 Å². The van der Waals surface area contributed by atoms with Gasteiger partial charge in [0.15, 0.2) is 0 Å². The van der Waals surface area contributed by atoms with Crippen molar-refractivity contribution in [3.63, 3.8) is 0 Å². The minimum Gasteiger partial charge on any atom is -0.508 e. The minimum atomic E-state index is -9.70. The maximum Gasteiger partial charge on any atom is 0.310 e. The van der Waals surface area contributed by atoms with E-state index in [-0.39, 0.29) is 23.8 Å². The zero-order valence-corrected chi connectivity index (χ0v) is 13.6. The molecule has 0 radical (unpaired) electrons. The van der Waals surface area contributed by atoms with Gasteiger partial charge in [-0.3, -0.25) is 0 Å². The molecule has 1 aliphatic heterocycles. The Bertz CT molecular complexity index is 570. The van der Waals surface area contributed by atoms with Crippen molar-refractivity contribution < 1.29 is 24.5 Å². The Balaban J connectivity index is 2.01. The van der Waals surface area contributed by atoms with Crippen LogP contribution in [0.4, 0.5) is 19.4 Å². The van der Waals surface area contributed by atoms with E-state index in [1.165, 1.54) is 0 Å². The largest absolute Gasteiger partial charge is 0.508 e.